The summed E-state index contributed by atoms with van der Waals surface area (Å²) in [5.41, 5.74) is -25.7. The van der Waals surface area contributed by atoms with Gasteiger partial charge in [0, 0.05) is 30.6 Å². The van der Waals surface area contributed by atoms with Crippen LogP contribution in [0.4, 0.5) is 101 Å². The van der Waals surface area contributed by atoms with Crippen molar-refractivity contribution in [3.63, 3.8) is 0 Å². The molecule has 6 N–H and O–H groups in total. The van der Waals surface area contributed by atoms with Gasteiger partial charge in [0.05, 0.1) is 52.3 Å². The molecule has 6 aliphatic carbocycles. The second-order valence-corrected chi connectivity index (χ2v) is 40.9. The molecular formula is C88H141F23O21. The van der Waals surface area contributed by atoms with Crippen LogP contribution in [0.25, 0.3) is 0 Å². The quantitative estimate of drug-likeness (QED) is 0.0333. The van der Waals surface area contributed by atoms with Crippen LogP contribution in [-0.4, -0.2) is 213 Å². The van der Waals surface area contributed by atoms with E-state index in [9.17, 15) is 160 Å². The smallest absolute Gasteiger partial charge is 0.429 e. The van der Waals surface area contributed by atoms with Crippen LogP contribution in [0.5, 0.6) is 0 Å². The van der Waals surface area contributed by atoms with E-state index in [4.69, 9.17) is 9.47 Å². The zero-order valence-corrected chi connectivity index (χ0v) is 80.1. The lowest BCUT2D eigenvalue weighted by molar-refractivity contribution is -0.493. The molecule has 0 aromatic rings. The third kappa shape index (κ3) is 30.2. The van der Waals surface area contributed by atoms with E-state index in [1.807, 2.05) is 69.2 Å². The number of hydrogen-bond donors (Lipinski definition) is 6. The number of rotatable bonds is 22. The van der Waals surface area contributed by atoms with Crippen LogP contribution in [0.3, 0.4) is 0 Å². The number of esters is 6. The average molecular weight is 1970 g/mol. The van der Waals surface area contributed by atoms with Crippen LogP contribution < -0.4 is 0 Å². The number of ether oxygens (including phenoxy) is 9. The molecule has 2 saturated heterocycles. The first-order valence-electron chi connectivity index (χ1n) is 43.8. The number of alkyl halides is 23. The molecule has 21 nitrogen and oxygen atoms in total. The lowest BCUT2D eigenvalue weighted by Gasteiger charge is -2.50. The van der Waals surface area contributed by atoms with Crippen molar-refractivity contribution in [2.75, 3.05) is 27.6 Å². The number of hydrogen-bond acceptors (Lipinski definition) is 21. The second-order valence-electron chi connectivity index (χ2n) is 40.9. The van der Waals surface area contributed by atoms with Crippen LogP contribution >= 0.6 is 0 Å². The van der Waals surface area contributed by atoms with E-state index in [0.717, 1.165) is 78.1 Å². The summed E-state index contributed by atoms with van der Waals surface area (Å²) in [7, 11) is 2.83. The largest absolute Gasteiger partial charge is 0.469 e. The highest BCUT2D eigenvalue weighted by molar-refractivity contribution is 5.78. The molecule has 780 valence electrons. The monoisotopic (exact) mass is 1970 g/mol. The summed E-state index contributed by atoms with van der Waals surface area (Å²) < 4.78 is 340. The SMILES string of the molecule is CC(O)(CC1CC2CCC1C2)C(F)(F)F.CCC(C)(C)C(=O)OC.CCC(C)(C)C(=O)OC.CCC(C)(C)C(=O)OC(CC(C)(O)C(F)F)C(F)(F)F.CCC(C)(C)C(=O)OC1CC(C)(O)OC(C)(C(F)(F)F)C1(F)F.CCC(C)(C)C(=O)OC1CCCC2CC(C)(O)CC21.CCC(C)(C)C(=O)OCC1(C)OCOC(F)(F)C1(O)C(F)(F)F.OC1(C(F)(F)F)C2CCC(C2)C1(F)F. The summed E-state index contributed by atoms with van der Waals surface area (Å²) in [5.74, 6) is -15.2. The minimum Gasteiger partial charge on any atom is -0.469 e. The first kappa shape index (κ1) is 125. The minimum absolute atomic E-state index is 0.0195. The van der Waals surface area contributed by atoms with Crippen LogP contribution in [0.2, 0.25) is 0 Å². The Morgan fingerprint density at radius 3 is 1.26 bits per heavy atom. The van der Waals surface area contributed by atoms with E-state index in [1.165, 1.54) is 68.6 Å². The summed E-state index contributed by atoms with van der Waals surface area (Å²) in [6, 6.07) is 0. The van der Waals surface area contributed by atoms with E-state index in [1.54, 1.807) is 20.8 Å². The van der Waals surface area contributed by atoms with Crippen molar-refractivity contribution in [1.82, 2.24) is 0 Å². The van der Waals surface area contributed by atoms with Crippen LogP contribution in [0.1, 0.15) is 301 Å². The van der Waals surface area contributed by atoms with Gasteiger partial charge in [-0.15, -0.1) is 0 Å². The van der Waals surface area contributed by atoms with E-state index >= 15 is 0 Å². The Kier molecular flexibility index (Phi) is 42.1. The average Bonchev–Trinajstić information content (AvgIpc) is 1.52. The van der Waals surface area contributed by atoms with Crippen molar-refractivity contribution in [2.45, 2.75) is 420 Å². The third-order valence-corrected chi connectivity index (χ3v) is 27.6. The van der Waals surface area contributed by atoms with Gasteiger partial charge in [0.25, 0.3) is 17.9 Å². The Morgan fingerprint density at radius 2 is 0.902 bits per heavy atom. The van der Waals surface area contributed by atoms with E-state index < -0.39 is 190 Å². The molecule has 2 heterocycles. The van der Waals surface area contributed by atoms with Gasteiger partial charge in [0.2, 0.25) is 11.2 Å². The zero-order chi connectivity index (χ0) is 104. The van der Waals surface area contributed by atoms with Crippen molar-refractivity contribution in [2.24, 2.45) is 73.9 Å². The maximum absolute atomic E-state index is 14.4. The number of aliphatic hydroxyl groups is 6. The van der Waals surface area contributed by atoms with Gasteiger partial charge in [-0.1, -0.05) is 48.0 Å². The molecular weight excluding hydrogens is 1830 g/mol. The Bertz CT molecular complexity index is 3680. The topological polar surface area (TPSA) is 307 Å². The summed E-state index contributed by atoms with van der Waals surface area (Å²) >= 11 is 0. The molecule has 18 unspecified atom stereocenters. The first-order chi connectivity index (χ1) is 58.7. The molecule has 8 fully saturated rings. The van der Waals surface area contributed by atoms with Crippen LogP contribution in [0, 0.1) is 73.9 Å². The van der Waals surface area contributed by atoms with Gasteiger partial charge < -0.3 is 68.5 Å². The molecule has 0 amide bonds. The van der Waals surface area contributed by atoms with E-state index in [0.29, 0.717) is 43.9 Å². The van der Waals surface area contributed by atoms with Crippen LogP contribution in [-0.2, 0) is 71.4 Å². The molecule has 0 spiro atoms. The van der Waals surface area contributed by atoms with Gasteiger partial charge in [-0.3, -0.25) is 33.5 Å². The molecule has 0 aromatic carbocycles. The van der Waals surface area contributed by atoms with E-state index in [-0.39, 0.29) is 86.2 Å². The molecule has 0 aromatic heterocycles. The molecule has 6 saturated carbocycles. The Hall–Kier alpha value is -5.15. The second kappa shape index (κ2) is 44.5. The highest BCUT2D eigenvalue weighted by Gasteiger charge is 2.83. The molecule has 4 bridgehead atoms. The van der Waals surface area contributed by atoms with E-state index in [2.05, 4.69) is 33.2 Å². The number of fused-ring (bicyclic) bond motifs is 5. The lowest BCUT2D eigenvalue weighted by atomic mass is 9.79. The maximum Gasteiger partial charge on any atom is 0.429 e. The van der Waals surface area contributed by atoms with Gasteiger partial charge in [-0.05, 0) is 264 Å². The maximum atomic E-state index is 14.4. The van der Waals surface area contributed by atoms with Gasteiger partial charge >= 0.3 is 78.7 Å². The number of carbonyl (C=O) groups excluding carboxylic acids is 6. The summed E-state index contributed by atoms with van der Waals surface area (Å²) in [6.07, 6.45) is -29.9. The summed E-state index contributed by atoms with van der Waals surface area (Å²) in [5, 5.41) is 57.6. The van der Waals surface area contributed by atoms with Gasteiger partial charge in [0.1, 0.15) is 23.9 Å². The molecule has 132 heavy (non-hydrogen) atoms. The Balaban J connectivity index is 0.000000767. The van der Waals surface area contributed by atoms with Crippen molar-refractivity contribution < 1.29 is 203 Å². The Morgan fingerprint density at radius 1 is 0.470 bits per heavy atom. The summed E-state index contributed by atoms with van der Waals surface area (Å²) in [6.45, 7) is 33.3. The van der Waals surface area contributed by atoms with Gasteiger partial charge in [-0.2, -0.15) is 83.4 Å². The van der Waals surface area contributed by atoms with Crippen molar-refractivity contribution in [3.05, 3.63) is 0 Å². The molecule has 8 aliphatic rings. The van der Waals surface area contributed by atoms with Crippen molar-refractivity contribution >= 4 is 35.8 Å². The number of carbonyl (C=O) groups is 6. The Labute approximate surface area is 757 Å². The molecule has 8 rings (SSSR count). The number of halogens is 23. The normalized spacial score (nSPS) is 30.8. The van der Waals surface area contributed by atoms with Crippen molar-refractivity contribution in [1.29, 1.82) is 0 Å². The fraction of sp³-hybridized carbons (Fsp3) is 0.932. The van der Waals surface area contributed by atoms with Gasteiger partial charge in [-0.25, -0.2) is 17.6 Å². The highest BCUT2D eigenvalue weighted by atomic mass is 19.4. The van der Waals surface area contributed by atoms with Crippen molar-refractivity contribution in [3.8, 4) is 0 Å². The standard InChI is InChI=1S/C16H28O3.C14H21F5O4.C13H19F5O5.C12H19F5O3.C11H17F3O.C8H9F5O.2C7H14O2/c1-5-15(2,3)14(17)19-13-8-6-7-11-9-16(4,18)10-12(11)13;1-6-10(2,3)9(20)22-8-7-11(4,21)23-12(5,13(8,15)16)14(17,18)19;1-5-9(2,3)8(19)21-6-10(4)11(20,12(14,15)16)13(17,18)23-7-22-10;1-5-10(2,3)9(18)20-7(12(15,16)17)6-11(4,19)8(13)14;1-10(15,11(12,13)14)6-9-5-7-2-3-8(9)4-7;9-7(10)5-2-1-4(3-5)6(7,14)8(11,12)13;2*1-5-7(2,3)6(8)9-4/h11-13,18H,5-10H2,1-4H3;8,21H,6-7H2,1-5H3;20H,5-7H2,1-4H3;7-8,19H,5-6H2,1-4H3;7-9,15H,2-6H2,1H3;4-5,14H,1-3H2;2*5H2,1-4H3. The molecule has 2 aliphatic heterocycles. The first-order valence-corrected chi connectivity index (χ1v) is 43.8. The summed E-state index contributed by atoms with van der Waals surface area (Å²) in [4.78, 5) is 69.3. The lowest BCUT2D eigenvalue weighted by Crippen LogP contribution is -2.76. The zero-order valence-electron chi connectivity index (χ0n) is 80.1. The predicted molar refractivity (Wildman–Crippen MR) is 431 cm³/mol. The minimum atomic E-state index is -5.79. The fourth-order valence-electron chi connectivity index (χ4n) is 15.5. The predicted octanol–water partition coefficient (Wildman–Crippen LogP) is 21.3. The van der Waals surface area contributed by atoms with Crippen LogP contribution in [0.15, 0.2) is 0 Å². The van der Waals surface area contributed by atoms with Gasteiger partial charge in [0.15, 0.2) is 30.4 Å². The highest BCUT2D eigenvalue weighted by Crippen LogP contribution is 2.65. The molecule has 0 radical (unpaired) electrons. The molecule has 18 atom stereocenters. The number of methoxy groups -OCH3 is 2. The fourth-order valence-corrected chi connectivity index (χ4v) is 15.5. The third-order valence-electron chi connectivity index (χ3n) is 27.6. The molecule has 44 heteroatoms.